The Morgan fingerprint density at radius 2 is 2.08 bits per heavy atom. The van der Waals surface area contributed by atoms with Gasteiger partial charge in [0.1, 0.15) is 0 Å². The van der Waals surface area contributed by atoms with Gasteiger partial charge in [-0.05, 0) is 24.5 Å². The predicted octanol–water partition coefficient (Wildman–Crippen LogP) is 2.31. The van der Waals surface area contributed by atoms with Crippen LogP contribution in [-0.2, 0) is 0 Å². The van der Waals surface area contributed by atoms with Crippen molar-refractivity contribution >= 4 is 5.71 Å². The van der Waals surface area contributed by atoms with Crippen LogP contribution in [0.5, 0.6) is 0 Å². The summed E-state index contributed by atoms with van der Waals surface area (Å²) in [4.78, 5) is 0. The third kappa shape index (κ3) is 2.75. The van der Waals surface area contributed by atoms with Crippen LogP contribution in [0, 0.1) is 5.41 Å². The van der Waals surface area contributed by atoms with Gasteiger partial charge in [-0.3, -0.25) is 5.41 Å². The molecule has 1 rings (SSSR count). The van der Waals surface area contributed by atoms with Crippen LogP contribution in [0.25, 0.3) is 0 Å². The molecular formula is C11H14N2. The van der Waals surface area contributed by atoms with Crippen LogP contribution >= 0.6 is 0 Å². The second-order valence-electron chi connectivity index (χ2n) is 3.06. The molecule has 68 valence electrons. The largest absolute Gasteiger partial charge is 0.397 e. The Hall–Kier alpha value is -1.57. The molecule has 0 aromatic heterocycles. The minimum Gasteiger partial charge on any atom is -0.397 e. The number of nitrogens with two attached hydrogens (primary N) is 1. The molecule has 0 radical (unpaired) electrons. The highest BCUT2D eigenvalue weighted by atomic mass is 14.6. The van der Waals surface area contributed by atoms with Gasteiger partial charge in [-0.25, -0.2) is 0 Å². The zero-order valence-corrected chi connectivity index (χ0v) is 7.64. The standard InChI is InChI=1S/C11H14N2/c1-3-4-10(12)11(13)8(2)7-9-5-6-9/h3-4,7,13H,1-2,5-6,12H2/b10-4+,13-11?. The van der Waals surface area contributed by atoms with Crippen molar-refractivity contribution in [2.45, 2.75) is 12.8 Å². The minimum atomic E-state index is 0.291. The van der Waals surface area contributed by atoms with E-state index in [0.29, 0.717) is 17.0 Å². The number of nitrogens with one attached hydrogen (secondary N) is 1. The third-order valence-corrected chi connectivity index (χ3v) is 1.82. The summed E-state index contributed by atoms with van der Waals surface area (Å²) < 4.78 is 0. The van der Waals surface area contributed by atoms with Crippen molar-refractivity contribution in [1.29, 1.82) is 5.41 Å². The van der Waals surface area contributed by atoms with Gasteiger partial charge in [0, 0.05) is 0 Å². The van der Waals surface area contributed by atoms with Crippen molar-refractivity contribution in [3.8, 4) is 0 Å². The lowest BCUT2D eigenvalue weighted by atomic mass is 10.1. The SMILES string of the molecule is C=C/C=C(/N)C(=N)C(=C)C=C1CC1. The number of hydrogen-bond acceptors (Lipinski definition) is 2. The van der Waals surface area contributed by atoms with Crippen LogP contribution in [0.3, 0.4) is 0 Å². The van der Waals surface area contributed by atoms with E-state index in [0.717, 1.165) is 12.8 Å². The molecule has 0 spiro atoms. The molecule has 3 N–H and O–H groups in total. The molecule has 2 heteroatoms. The highest BCUT2D eigenvalue weighted by Crippen LogP contribution is 2.29. The second kappa shape index (κ2) is 3.90. The minimum absolute atomic E-state index is 0.291. The number of rotatable bonds is 4. The molecule has 0 unspecified atom stereocenters. The van der Waals surface area contributed by atoms with Crippen molar-refractivity contribution in [2.75, 3.05) is 0 Å². The van der Waals surface area contributed by atoms with Crippen molar-refractivity contribution < 1.29 is 0 Å². The van der Waals surface area contributed by atoms with Crippen LogP contribution in [0.1, 0.15) is 12.8 Å². The molecule has 0 atom stereocenters. The quantitative estimate of drug-likeness (QED) is 0.498. The molecule has 13 heavy (non-hydrogen) atoms. The van der Waals surface area contributed by atoms with Gasteiger partial charge in [0.15, 0.2) is 0 Å². The van der Waals surface area contributed by atoms with Gasteiger partial charge in [-0.2, -0.15) is 0 Å². The number of hydrogen-bond donors (Lipinski definition) is 2. The first-order valence-electron chi connectivity index (χ1n) is 4.21. The topological polar surface area (TPSA) is 49.9 Å². The fourth-order valence-corrected chi connectivity index (χ4v) is 0.931. The summed E-state index contributed by atoms with van der Waals surface area (Å²) in [5, 5.41) is 7.64. The van der Waals surface area contributed by atoms with Crippen molar-refractivity contribution in [3.05, 3.63) is 48.2 Å². The molecule has 0 aromatic carbocycles. The summed E-state index contributed by atoms with van der Waals surface area (Å²) in [6.07, 6.45) is 7.39. The summed E-state index contributed by atoms with van der Waals surface area (Å²) in [5.41, 5.74) is 8.34. The lowest BCUT2D eigenvalue weighted by molar-refractivity contribution is 1.39. The molecule has 0 saturated heterocycles. The van der Waals surface area contributed by atoms with Gasteiger partial charge in [-0.1, -0.05) is 30.9 Å². The summed E-state index contributed by atoms with van der Waals surface area (Å²) in [7, 11) is 0. The van der Waals surface area contributed by atoms with Crippen LogP contribution in [0.2, 0.25) is 0 Å². The summed E-state index contributed by atoms with van der Waals surface area (Å²) >= 11 is 0. The summed E-state index contributed by atoms with van der Waals surface area (Å²) in [6.45, 7) is 7.30. The smallest absolute Gasteiger partial charge is 0.0835 e. The first-order chi connectivity index (χ1) is 6.15. The van der Waals surface area contributed by atoms with Gasteiger partial charge < -0.3 is 5.73 Å². The van der Waals surface area contributed by atoms with Crippen LogP contribution in [0.4, 0.5) is 0 Å². The van der Waals surface area contributed by atoms with Crippen LogP contribution in [-0.4, -0.2) is 5.71 Å². The zero-order chi connectivity index (χ0) is 9.84. The van der Waals surface area contributed by atoms with Gasteiger partial charge in [0.2, 0.25) is 0 Å². The van der Waals surface area contributed by atoms with Crippen molar-refractivity contribution in [2.24, 2.45) is 5.73 Å². The fraction of sp³-hybridized carbons (Fsp3) is 0.182. The molecule has 0 amide bonds. The maximum absolute atomic E-state index is 7.64. The molecule has 1 saturated carbocycles. The van der Waals surface area contributed by atoms with Crippen LogP contribution in [0.15, 0.2) is 48.2 Å². The van der Waals surface area contributed by atoms with Crippen LogP contribution < -0.4 is 5.73 Å². The monoisotopic (exact) mass is 174 g/mol. The lowest BCUT2D eigenvalue weighted by Crippen LogP contribution is -2.10. The lowest BCUT2D eigenvalue weighted by Gasteiger charge is -2.02. The van der Waals surface area contributed by atoms with E-state index in [9.17, 15) is 0 Å². The second-order valence-corrected chi connectivity index (χ2v) is 3.06. The Kier molecular flexibility index (Phi) is 2.85. The predicted molar refractivity (Wildman–Crippen MR) is 56.7 cm³/mol. The molecule has 0 bridgehead atoms. The molecule has 0 aliphatic heterocycles. The highest BCUT2D eigenvalue weighted by molar-refractivity contribution is 6.11. The maximum Gasteiger partial charge on any atom is 0.0835 e. The van der Waals surface area contributed by atoms with E-state index in [2.05, 4.69) is 13.2 Å². The molecule has 1 fully saturated rings. The Morgan fingerprint density at radius 3 is 2.54 bits per heavy atom. The van der Waals surface area contributed by atoms with Gasteiger partial charge >= 0.3 is 0 Å². The Morgan fingerprint density at radius 1 is 1.46 bits per heavy atom. The normalized spacial score (nSPS) is 15.1. The van der Waals surface area contributed by atoms with Gasteiger partial charge in [-0.15, -0.1) is 0 Å². The molecular weight excluding hydrogens is 160 g/mol. The molecule has 2 nitrogen and oxygen atoms in total. The molecule has 1 aliphatic rings. The molecule has 0 heterocycles. The van der Waals surface area contributed by atoms with E-state index in [1.54, 1.807) is 12.2 Å². The third-order valence-electron chi connectivity index (χ3n) is 1.82. The average molecular weight is 174 g/mol. The van der Waals surface area contributed by atoms with E-state index < -0.39 is 0 Å². The first kappa shape index (κ1) is 9.52. The van der Waals surface area contributed by atoms with E-state index >= 15 is 0 Å². The molecule has 1 aliphatic carbocycles. The van der Waals surface area contributed by atoms with Gasteiger partial charge in [0.25, 0.3) is 0 Å². The van der Waals surface area contributed by atoms with Crippen molar-refractivity contribution in [1.82, 2.24) is 0 Å². The van der Waals surface area contributed by atoms with E-state index in [-0.39, 0.29) is 0 Å². The zero-order valence-electron chi connectivity index (χ0n) is 7.64. The van der Waals surface area contributed by atoms with Gasteiger partial charge in [0.05, 0.1) is 11.4 Å². The Balaban J connectivity index is 2.66. The van der Waals surface area contributed by atoms with E-state index in [1.807, 2.05) is 6.08 Å². The maximum atomic E-state index is 7.64. The highest BCUT2D eigenvalue weighted by Gasteiger charge is 2.12. The summed E-state index contributed by atoms with van der Waals surface area (Å²) in [6, 6.07) is 0. The first-order valence-corrected chi connectivity index (χ1v) is 4.21. The van der Waals surface area contributed by atoms with Crippen molar-refractivity contribution in [3.63, 3.8) is 0 Å². The van der Waals surface area contributed by atoms with E-state index in [4.69, 9.17) is 11.1 Å². The van der Waals surface area contributed by atoms with E-state index in [1.165, 1.54) is 5.57 Å². The number of allylic oxidation sites excluding steroid dienone is 5. The average Bonchev–Trinajstić information content (AvgIpc) is 2.87. The summed E-state index contributed by atoms with van der Waals surface area (Å²) in [5.74, 6) is 0. The molecule has 0 aromatic rings. The Labute approximate surface area is 78.6 Å². The Bertz CT molecular complexity index is 313. The fourth-order valence-electron chi connectivity index (χ4n) is 0.931.